The van der Waals surface area contributed by atoms with Crippen molar-refractivity contribution in [2.75, 3.05) is 0 Å². The second kappa shape index (κ2) is 4.72. The molecule has 0 amide bonds. The highest BCUT2D eigenvalue weighted by Crippen LogP contribution is 2.42. The third kappa shape index (κ3) is 3.25. The van der Waals surface area contributed by atoms with Crippen molar-refractivity contribution in [2.24, 2.45) is 5.92 Å². The van der Waals surface area contributed by atoms with Crippen LogP contribution >= 0.6 is 11.6 Å². The maximum atomic E-state index is 5.92. The number of benzene rings is 1. The van der Waals surface area contributed by atoms with Crippen LogP contribution in [0.4, 0.5) is 0 Å². The average Bonchev–Trinajstić information content (AvgIpc) is 3.11. The van der Waals surface area contributed by atoms with E-state index in [0.717, 1.165) is 5.02 Å². The molecule has 2 rings (SSSR count). The van der Waals surface area contributed by atoms with E-state index in [1.165, 1.54) is 18.4 Å². The Bertz CT molecular complexity index is 423. The number of rotatable bonds is 4. The molecule has 1 atom stereocenters. The molecule has 90 valence electrons. The average molecular weight is 248 g/mol. The highest BCUT2D eigenvalue weighted by Gasteiger charge is 2.34. The van der Waals surface area contributed by atoms with Crippen molar-refractivity contribution in [3.63, 3.8) is 0 Å². The Hall–Kier alpha value is -0.970. The smallest absolute Gasteiger partial charge is 0.0746 e. The minimum atomic E-state index is -0.271. The third-order valence-electron chi connectivity index (χ3n) is 3.20. The summed E-state index contributed by atoms with van der Waals surface area (Å²) in [6, 6.07) is 8.40. The lowest BCUT2D eigenvalue weighted by molar-refractivity contribution is 0.381. The summed E-state index contributed by atoms with van der Waals surface area (Å²) in [5.74, 6) is 3.51. The van der Waals surface area contributed by atoms with Crippen LogP contribution in [0.15, 0.2) is 24.3 Å². The maximum absolute atomic E-state index is 5.92. The van der Waals surface area contributed by atoms with E-state index in [4.69, 9.17) is 18.0 Å². The van der Waals surface area contributed by atoms with Gasteiger partial charge in [-0.05, 0) is 50.3 Å². The van der Waals surface area contributed by atoms with Gasteiger partial charge in [-0.25, -0.2) is 0 Å². The topological polar surface area (TPSA) is 12.0 Å². The molecule has 0 aromatic heterocycles. The summed E-state index contributed by atoms with van der Waals surface area (Å²) < 4.78 is 0. The predicted octanol–water partition coefficient (Wildman–Crippen LogP) is 3.79. The first-order valence-corrected chi connectivity index (χ1v) is 6.40. The van der Waals surface area contributed by atoms with Gasteiger partial charge < -0.3 is 0 Å². The van der Waals surface area contributed by atoms with E-state index in [2.05, 4.69) is 23.4 Å². The van der Waals surface area contributed by atoms with Crippen LogP contribution in [0.1, 0.15) is 38.3 Å². The molecule has 1 aromatic carbocycles. The molecule has 1 nitrogen and oxygen atoms in total. The predicted molar refractivity (Wildman–Crippen MR) is 73.0 cm³/mol. The lowest BCUT2D eigenvalue weighted by Gasteiger charge is -2.28. The molecule has 1 aliphatic rings. The number of terminal acetylenes is 1. The van der Waals surface area contributed by atoms with Gasteiger partial charge in [0, 0.05) is 11.1 Å². The molecule has 0 bridgehead atoms. The van der Waals surface area contributed by atoms with E-state index in [1.54, 1.807) is 0 Å². The van der Waals surface area contributed by atoms with E-state index in [0.29, 0.717) is 12.0 Å². The zero-order chi connectivity index (χ0) is 12.5. The quantitative estimate of drug-likeness (QED) is 0.799. The fraction of sp³-hybridized carbons (Fsp3) is 0.467. The standard InChI is InChI=1S/C15H18ClN/c1-4-15(2,3)17-14(11-5-6-11)12-7-9-13(16)10-8-12/h1,7-11,14,17H,5-6H2,2-3H3. The zero-order valence-electron chi connectivity index (χ0n) is 10.3. The van der Waals surface area contributed by atoms with Gasteiger partial charge in [-0.1, -0.05) is 29.7 Å². The van der Waals surface area contributed by atoms with E-state index < -0.39 is 0 Å². The fourth-order valence-corrected chi connectivity index (χ4v) is 2.13. The molecule has 0 saturated heterocycles. The summed E-state index contributed by atoms with van der Waals surface area (Å²) in [4.78, 5) is 0. The van der Waals surface area contributed by atoms with Crippen LogP contribution in [0.25, 0.3) is 0 Å². The minimum absolute atomic E-state index is 0.271. The first-order chi connectivity index (χ1) is 8.02. The summed E-state index contributed by atoms with van der Waals surface area (Å²) in [6.45, 7) is 4.08. The molecule has 17 heavy (non-hydrogen) atoms. The molecule has 0 aliphatic heterocycles. The number of hydrogen-bond acceptors (Lipinski definition) is 1. The van der Waals surface area contributed by atoms with Crippen molar-refractivity contribution < 1.29 is 0 Å². The van der Waals surface area contributed by atoms with Crippen molar-refractivity contribution in [3.8, 4) is 12.3 Å². The number of nitrogens with one attached hydrogen (secondary N) is 1. The van der Waals surface area contributed by atoms with Gasteiger partial charge in [0.15, 0.2) is 0 Å². The summed E-state index contributed by atoms with van der Waals surface area (Å²) in [5.41, 5.74) is 1.01. The van der Waals surface area contributed by atoms with Crippen LogP contribution < -0.4 is 5.32 Å². The van der Waals surface area contributed by atoms with Gasteiger partial charge in [-0.15, -0.1) is 6.42 Å². The highest BCUT2D eigenvalue weighted by atomic mass is 35.5. The van der Waals surface area contributed by atoms with Crippen LogP contribution in [-0.2, 0) is 0 Å². The molecule has 1 fully saturated rings. The van der Waals surface area contributed by atoms with Gasteiger partial charge in [-0.2, -0.15) is 0 Å². The Morgan fingerprint density at radius 3 is 2.41 bits per heavy atom. The zero-order valence-corrected chi connectivity index (χ0v) is 11.1. The second-order valence-corrected chi connectivity index (χ2v) is 5.72. The summed E-state index contributed by atoms with van der Waals surface area (Å²) >= 11 is 5.92. The monoisotopic (exact) mass is 247 g/mol. The van der Waals surface area contributed by atoms with Crippen molar-refractivity contribution in [2.45, 2.75) is 38.3 Å². The van der Waals surface area contributed by atoms with Gasteiger partial charge in [0.1, 0.15) is 0 Å². The Morgan fingerprint density at radius 2 is 1.94 bits per heavy atom. The number of hydrogen-bond donors (Lipinski definition) is 1. The molecular formula is C15H18ClN. The molecule has 0 spiro atoms. The molecular weight excluding hydrogens is 230 g/mol. The molecule has 0 heterocycles. The van der Waals surface area contributed by atoms with Crippen molar-refractivity contribution >= 4 is 11.6 Å². The Labute approximate surface area is 109 Å². The largest absolute Gasteiger partial charge is 0.294 e. The Kier molecular flexibility index (Phi) is 3.47. The summed E-state index contributed by atoms with van der Waals surface area (Å²) in [6.07, 6.45) is 8.10. The van der Waals surface area contributed by atoms with E-state index >= 15 is 0 Å². The Balaban J connectivity index is 2.18. The lowest BCUT2D eigenvalue weighted by Crippen LogP contribution is -2.41. The summed E-state index contributed by atoms with van der Waals surface area (Å²) in [5, 5.41) is 4.34. The van der Waals surface area contributed by atoms with Gasteiger partial charge >= 0.3 is 0 Å². The molecule has 0 radical (unpaired) electrons. The van der Waals surface area contributed by atoms with Crippen molar-refractivity contribution in [1.29, 1.82) is 0 Å². The van der Waals surface area contributed by atoms with Gasteiger partial charge in [0.05, 0.1) is 5.54 Å². The first-order valence-electron chi connectivity index (χ1n) is 6.03. The maximum Gasteiger partial charge on any atom is 0.0746 e. The fourth-order valence-electron chi connectivity index (χ4n) is 2.00. The van der Waals surface area contributed by atoms with E-state index in [1.807, 2.05) is 26.0 Å². The van der Waals surface area contributed by atoms with Gasteiger partial charge in [0.2, 0.25) is 0 Å². The van der Waals surface area contributed by atoms with E-state index in [-0.39, 0.29) is 5.54 Å². The van der Waals surface area contributed by atoms with Crippen LogP contribution in [0.5, 0.6) is 0 Å². The van der Waals surface area contributed by atoms with Crippen molar-refractivity contribution in [1.82, 2.24) is 5.32 Å². The summed E-state index contributed by atoms with van der Waals surface area (Å²) in [7, 11) is 0. The minimum Gasteiger partial charge on any atom is -0.294 e. The lowest BCUT2D eigenvalue weighted by atomic mass is 9.97. The highest BCUT2D eigenvalue weighted by molar-refractivity contribution is 6.30. The first kappa shape index (κ1) is 12.5. The molecule has 1 saturated carbocycles. The molecule has 1 unspecified atom stereocenters. The van der Waals surface area contributed by atoms with Crippen LogP contribution in [0.3, 0.4) is 0 Å². The molecule has 1 N–H and O–H groups in total. The normalized spacial score (nSPS) is 17.5. The third-order valence-corrected chi connectivity index (χ3v) is 3.45. The van der Waals surface area contributed by atoms with E-state index in [9.17, 15) is 0 Å². The van der Waals surface area contributed by atoms with Gasteiger partial charge in [0.25, 0.3) is 0 Å². The molecule has 2 heteroatoms. The van der Waals surface area contributed by atoms with Crippen LogP contribution in [0, 0.1) is 18.3 Å². The molecule has 1 aromatic rings. The molecule has 1 aliphatic carbocycles. The van der Waals surface area contributed by atoms with Crippen LogP contribution in [-0.4, -0.2) is 5.54 Å². The SMILES string of the molecule is C#CC(C)(C)NC(c1ccc(Cl)cc1)C1CC1. The van der Waals surface area contributed by atoms with Crippen molar-refractivity contribution in [3.05, 3.63) is 34.9 Å². The Morgan fingerprint density at radius 1 is 1.35 bits per heavy atom. The second-order valence-electron chi connectivity index (χ2n) is 5.28. The number of halogens is 1. The van der Waals surface area contributed by atoms with Gasteiger partial charge in [-0.3, -0.25) is 5.32 Å². The van der Waals surface area contributed by atoms with Crippen LogP contribution in [0.2, 0.25) is 5.02 Å².